The van der Waals surface area contributed by atoms with Gasteiger partial charge in [0.15, 0.2) is 0 Å². The predicted octanol–water partition coefficient (Wildman–Crippen LogP) is 2.41. The lowest BCUT2D eigenvalue weighted by atomic mass is 9.85. The van der Waals surface area contributed by atoms with Gasteiger partial charge in [-0.05, 0) is 11.8 Å². The van der Waals surface area contributed by atoms with E-state index in [1.165, 1.54) is 18.7 Å². The van der Waals surface area contributed by atoms with E-state index in [9.17, 15) is 4.79 Å². The second-order valence-corrected chi connectivity index (χ2v) is 5.79. The predicted molar refractivity (Wildman–Crippen MR) is 71.2 cm³/mol. The SMILES string of the molecule is CC(C)(C)C(CCBr)NC(=O)c1cncnc1. The molecule has 0 radical (unpaired) electrons. The first-order valence-electron chi connectivity index (χ1n) is 5.57. The second-order valence-electron chi connectivity index (χ2n) is 5.00. The Morgan fingerprint density at radius 3 is 2.47 bits per heavy atom. The Morgan fingerprint density at radius 1 is 1.41 bits per heavy atom. The molecule has 5 heteroatoms. The molecule has 1 aromatic rings. The van der Waals surface area contributed by atoms with Gasteiger partial charge in [-0.15, -0.1) is 0 Å². The number of aromatic nitrogens is 2. The van der Waals surface area contributed by atoms with Gasteiger partial charge < -0.3 is 5.32 Å². The maximum atomic E-state index is 12.0. The molecule has 17 heavy (non-hydrogen) atoms. The Morgan fingerprint density at radius 2 is 2.00 bits per heavy atom. The maximum Gasteiger partial charge on any atom is 0.254 e. The molecule has 0 aromatic carbocycles. The number of carbonyl (C=O) groups excluding carboxylic acids is 1. The van der Waals surface area contributed by atoms with Crippen LogP contribution in [0.25, 0.3) is 0 Å². The van der Waals surface area contributed by atoms with Crippen molar-refractivity contribution in [3.8, 4) is 0 Å². The molecule has 0 saturated heterocycles. The fraction of sp³-hybridized carbons (Fsp3) is 0.583. The molecule has 1 N–H and O–H groups in total. The van der Waals surface area contributed by atoms with Crippen LogP contribution >= 0.6 is 15.9 Å². The Kier molecular flexibility index (Phi) is 5.05. The Balaban J connectivity index is 2.71. The zero-order chi connectivity index (χ0) is 12.9. The van der Waals surface area contributed by atoms with Crippen molar-refractivity contribution in [1.29, 1.82) is 0 Å². The highest BCUT2D eigenvalue weighted by Gasteiger charge is 2.25. The maximum absolute atomic E-state index is 12.0. The summed E-state index contributed by atoms with van der Waals surface area (Å²) in [6, 6.07) is 0.120. The number of nitrogens with one attached hydrogen (secondary N) is 1. The van der Waals surface area contributed by atoms with E-state index in [1.54, 1.807) is 0 Å². The Bertz CT molecular complexity index is 362. The van der Waals surface area contributed by atoms with Gasteiger partial charge in [-0.2, -0.15) is 0 Å². The molecule has 0 bridgehead atoms. The van der Waals surface area contributed by atoms with E-state index in [0.29, 0.717) is 5.56 Å². The number of alkyl halides is 1. The van der Waals surface area contributed by atoms with Crippen LogP contribution in [0.4, 0.5) is 0 Å². The second kappa shape index (κ2) is 6.10. The summed E-state index contributed by atoms with van der Waals surface area (Å²) in [6.07, 6.45) is 5.35. The third-order valence-electron chi connectivity index (χ3n) is 2.57. The van der Waals surface area contributed by atoms with E-state index in [0.717, 1.165) is 11.8 Å². The number of hydrogen-bond acceptors (Lipinski definition) is 3. The summed E-state index contributed by atoms with van der Waals surface area (Å²) < 4.78 is 0. The summed E-state index contributed by atoms with van der Waals surface area (Å²) in [5, 5.41) is 3.89. The first-order chi connectivity index (χ1) is 7.95. The molecular weight excluding hydrogens is 282 g/mol. The molecule has 0 fully saturated rings. The molecule has 0 spiro atoms. The molecular formula is C12H18BrN3O. The summed E-state index contributed by atoms with van der Waals surface area (Å²) in [5.74, 6) is -0.119. The van der Waals surface area contributed by atoms with Gasteiger partial charge in [-0.25, -0.2) is 9.97 Å². The average molecular weight is 300 g/mol. The van der Waals surface area contributed by atoms with Crippen molar-refractivity contribution >= 4 is 21.8 Å². The first-order valence-corrected chi connectivity index (χ1v) is 6.69. The van der Waals surface area contributed by atoms with Gasteiger partial charge in [0.05, 0.1) is 5.56 Å². The van der Waals surface area contributed by atoms with Gasteiger partial charge in [0, 0.05) is 23.8 Å². The third-order valence-corrected chi connectivity index (χ3v) is 3.03. The lowest BCUT2D eigenvalue weighted by Crippen LogP contribution is -2.44. The molecule has 0 aliphatic rings. The van der Waals surface area contributed by atoms with Crippen molar-refractivity contribution in [2.45, 2.75) is 33.2 Å². The summed E-state index contributed by atoms with van der Waals surface area (Å²) in [7, 11) is 0. The number of carbonyl (C=O) groups is 1. The monoisotopic (exact) mass is 299 g/mol. The van der Waals surface area contributed by atoms with Crippen LogP contribution < -0.4 is 5.32 Å². The first kappa shape index (κ1) is 14.1. The standard InChI is InChI=1S/C12H18BrN3O/c1-12(2,3)10(4-5-13)16-11(17)9-6-14-8-15-7-9/h6-8,10H,4-5H2,1-3H3,(H,16,17). The normalized spacial score (nSPS) is 13.2. The van der Waals surface area contributed by atoms with Crippen molar-refractivity contribution in [3.63, 3.8) is 0 Å². The smallest absolute Gasteiger partial charge is 0.254 e. The molecule has 1 atom stereocenters. The third kappa shape index (κ3) is 4.42. The van der Waals surface area contributed by atoms with Crippen molar-refractivity contribution in [1.82, 2.24) is 15.3 Å². The average Bonchev–Trinajstić information content (AvgIpc) is 2.28. The van der Waals surface area contributed by atoms with Crippen LogP contribution in [0, 0.1) is 5.41 Å². The quantitative estimate of drug-likeness (QED) is 0.869. The molecule has 0 aliphatic carbocycles. The molecule has 1 aromatic heterocycles. The number of halogens is 1. The summed E-state index contributed by atoms with van der Waals surface area (Å²) in [5.41, 5.74) is 0.523. The Hall–Kier alpha value is -0.970. The molecule has 1 unspecified atom stereocenters. The lowest BCUT2D eigenvalue weighted by Gasteiger charge is -2.31. The van der Waals surface area contributed by atoms with Gasteiger partial charge in [0.2, 0.25) is 0 Å². The van der Waals surface area contributed by atoms with Gasteiger partial charge in [-0.1, -0.05) is 36.7 Å². The molecule has 1 heterocycles. The fourth-order valence-electron chi connectivity index (χ4n) is 1.49. The van der Waals surface area contributed by atoms with Gasteiger partial charge >= 0.3 is 0 Å². The minimum atomic E-state index is -0.119. The van der Waals surface area contributed by atoms with Gasteiger partial charge in [0.25, 0.3) is 5.91 Å². The lowest BCUT2D eigenvalue weighted by molar-refractivity contribution is 0.0900. The molecule has 4 nitrogen and oxygen atoms in total. The molecule has 0 aliphatic heterocycles. The van der Waals surface area contributed by atoms with Crippen molar-refractivity contribution in [3.05, 3.63) is 24.3 Å². The van der Waals surface area contributed by atoms with Crippen LogP contribution in [0.15, 0.2) is 18.7 Å². The molecule has 1 amide bonds. The molecule has 0 saturated carbocycles. The highest BCUT2D eigenvalue weighted by atomic mass is 79.9. The van der Waals surface area contributed by atoms with Crippen molar-refractivity contribution in [2.75, 3.05) is 5.33 Å². The van der Waals surface area contributed by atoms with Crippen LogP contribution in [0.5, 0.6) is 0 Å². The molecule has 94 valence electrons. The zero-order valence-corrected chi connectivity index (χ0v) is 12.0. The largest absolute Gasteiger partial charge is 0.349 e. The molecule has 1 rings (SSSR count). The highest BCUT2D eigenvalue weighted by molar-refractivity contribution is 9.09. The van der Waals surface area contributed by atoms with E-state index in [1.807, 2.05) is 0 Å². The fourth-order valence-corrected chi connectivity index (χ4v) is 1.95. The Labute approximate surface area is 110 Å². The number of hydrogen-bond donors (Lipinski definition) is 1. The van der Waals surface area contributed by atoms with Crippen LogP contribution in [0.3, 0.4) is 0 Å². The van der Waals surface area contributed by atoms with Crippen LogP contribution in [0.1, 0.15) is 37.6 Å². The topological polar surface area (TPSA) is 54.9 Å². The van der Waals surface area contributed by atoms with E-state index >= 15 is 0 Å². The van der Waals surface area contributed by atoms with E-state index in [4.69, 9.17) is 0 Å². The minimum absolute atomic E-state index is 0.0269. The summed E-state index contributed by atoms with van der Waals surface area (Å²) in [6.45, 7) is 6.34. The number of rotatable bonds is 4. The number of amides is 1. The highest BCUT2D eigenvalue weighted by Crippen LogP contribution is 2.22. The van der Waals surface area contributed by atoms with Gasteiger partial charge in [0.1, 0.15) is 6.33 Å². The van der Waals surface area contributed by atoms with Gasteiger partial charge in [-0.3, -0.25) is 4.79 Å². The van der Waals surface area contributed by atoms with Crippen molar-refractivity contribution < 1.29 is 4.79 Å². The van der Waals surface area contributed by atoms with E-state index in [-0.39, 0.29) is 17.4 Å². The van der Waals surface area contributed by atoms with Crippen molar-refractivity contribution in [2.24, 2.45) is 5.41 Å². The number of nitrogens with zero attached hydrogens (tertiary/aromatic N) is 2. The minimum Gasteiger partial charge on any atom is -0.349 e. The summed E-state index contributed by atoms with van der Waals surface area (Å²) in [4.78, 5) is 19.7. The van der Waals surface area contributed by atoms with E-state index < -0.39 is 0 Å². The zero-order valence-electron chi connectivity index (χ0n) is 10.4. The van der Waals surface area contributed by atoms with E-state index in [2.05, 4.69) is 52.0 Å². The van der Waals surface area contributed by atoms with Crippen LogP contribution in [-0.4, -0.2) is 27.2 Å². The van der Waals surface area contributed by atoms with Crippen LogP contribution in [0.2, 0.25) is 0 Å². The summed E-state index contributed by atoms with van der Waals surface area (Å²) >= 11 is 3.41. The van der Waals surface area contributed by atoms with Crippen LogP contribution in [-0.2, 0) is 0 Å².